The van der Waals surface area contributed by atoms with Gasteiger partial charge in [-0.15, -0.1) is 0 Å². The quantitative estimate of drug-likeness (QED) is 0.529. The molecule has 0 aromatic rings. The van der Waals surface area contributed by atoms with Crippen molar-refractivity contribution in [3.63, 3.8) is 0 Å². The van der Waals surface area contributed by atoms with Crippen LogP contribution in [0.5, 0.6) is 0 Å². The Morgan fingerprint density at radius 2 is 2.00 bits per heavy atom. The van der Waals surface area contributed by atoms with E-state index in [-0.39, 0.29) is 0 Å². The van der Waals surface area contributed by atoms with Crippen molar-refractivity contribution < 1.29 is 9.47 Å². The minimum absolute atomic E-state index is 0.709. The van der Waals surface area contributed by atoms with E-state index in [1.54, 1.807) is 6.26 Å². The molecule has 1 aliphatic heterocycles. The second kappa shape index (κ2) is 5.05. The average molecular weight is 156 g/mol. The van der Waals surface area contributed by atoms with Crippen LogP contribution in [0.1, 0.15) is 39.0 Å². The van der Waals surface area contributed by atoms with Gasteiger partial charge < -0.3 is 9.47 Å². The maximum absolute atomic E-state index is 5.17. The van der Waals surface area contributed by atoms with Gasteiger partial charge in [-0.25, -0.2) is 0 Å². The van der Waals surface area contributed by atoms with E-state index in [9.17, 15) is 0 Å². The van der Waals surface area contributed by atoms with Crippen molar-refractivity contribution in [3.8, 4) is 0 Å². The maximum Gasteiger partial charge on any atom is 0.321 e. The summed E-state index contributed by atoms with van der Waals surface area (Å²) >= 11 is 0. The summed E-state index contributed by atoms with van der Waals surface area (Å²) in [5.74, 6) is 0.709. The van der Waals surface area contributed by atoms with Crippen LogP contribution in [-0.4, -0.2) is 6.61 Å². The molecule has 1 heterocycles. The zero-order valence-electron chi connectivity index (χ0n) is 7.14. The molecule has 0 N–H and O–H groups in total. The molecule has 2 nitrogen and oxygen atoms in total. The van der Waals surface area contributed by atoms with E-state index in [1.165, 1.54) is 25.7 Å². The Bertz CT molecular complexity index is 130. The highest BCUT2D eigenvalue weighted by Gasteiger charge is 2.09. The third kappa shape index (κ3) is 4.71. The number of hydrogen-bond donors (Lipinski definition) is 0. The van der Waals surface area contributed by atoms with Gasteiger partial charge in [0.2, 0.25) is 0 Å². The summed E-state index contributed by atoms with van der Waals surface area (Å²) in [4.78, 5) is 0. The van der Waals surface area contributed by atoms with Crippen LogP contribution in [0.2, 0.25) is 0 Å². The topological polar surface area (TPSA) is 21.8 Å². The second-order valence-electron chi connectivity index (χ2n) is 2.82. The summed E-state index contributed by atoms with van der Waals surface area (Å²) in [5, 5.41) is 0. The Balaban J connectivity index is 1.69. The Morgan fingerprint density at radius 1 is 1.27 bits per heavy atom. The molecule has 11 heavy (non-hydrogen) atoms. The van der Waals surface area contributed by atoms with E-state index in [2.05, 4.69) is 6.92 Å². The Morgan fingerprint density at radius 3 is 2.64 bits per heavy atom. The first-order valence-corrected chi connectivity index (χ1v) is 4.43. The van der Waals surface area contributed by atoms with Crippen molar-refractivity contribution in [2.45, 2.75) is 39.0 Å². The molecule has 0 spiro atoms. The molecule has 0 saturated heterocycles. The zero-order chi connectivity index (χ0) is 7.94. The minimum atomic E-state index is 0.709. The SMILES string of the molecule is CCCCCCCOC1=CO1. The third-order valence-corrected chi connectivity index (χ3v) is 1.71. The molecular formula is C9H16O2. The van der Waals surface area contributed by atoms with Crippen molar-refractivity contribution >= 4 is 0 Å². The lowest BCUT2D eigenvalue weighted by molar-refractivity contribution is 0.150. The smallest absolute Gasteiger partial charge is 0.321 e. The molecule has 0 amide bonds. The fourth-order valence-corrected chi connectivity index (χ4v) is 0.970. The highest BCUT2D eigenvalue weighted by molar-refractivity contribution is 4.91. The van der Waals surface area contributed by atoms with Crippen LogP contribution in [0, 0.1) is 0 Å². The van der Waals surface area contributed by atoms with E-state index in [1.807, 2.05) is 0 Å². The minimum Gasteiger partial charge on any atom is -0.463 e. The first-order valence-electron chi connectivity index (χ1n) is 4.43. The van der Waals surface area contributed by atoms with Gasteiger partial charge in [-0.3, -0.25) is 0 Å². The molecular weight excluding hydrogens is 140 g/mol. The van der Waals surface area contributed by atoms with Crippen molar-refractivity contribution in [2.75, 3.05) is 6.61 Å². The molecule has 0 atom stereocenters. The number of hydrogen-bond acceptors (Lipinski definition) is 2. The Labute approximate surface area is 68.2 Å². The first-order chi connectivity index (χ1) is 5.43. The van der Waals surface area contributed by atoms with Gasteiger partial charge in [0, 0.05) is 0 Å². The molecule has 0 aromatic carbocycles. The van der Waals surface area contributed by atoms with Gasteiger partial charge in [-0.2, -0.15) is 0 Å². The second-order valence-corrected chi connectivity index (χ2v) is 2.82. The number of ether oxygens (including phenoxy) is 2. The molecule has 1 rings (SSSR count). The molecule has 0 aliphatic carbocycles. The lowest BCUT2D eigenvalue weighted by atomic mass is 10.2. The van der Waals surface area contributed by atoms with E-state index in [0.717, 1.165) is 13.0 Å². The van der Waals surface area contributed by atoms with Crippen molar-refractivity contribution in [3.05, 3.63) is 12.2 Å². The number of unbranched alkanes of at least 4 members (excludes halogenated alkanes) is 4. The van der Waals surface area contributed by atoms with Crippen LogP contribution in [0.4, 0.5) is 0 Å². The predicted octanol–water partition coefficient (Wildman–Crippen LogP) is 2.80. The fourth-order valence-electron chi connectivity index (χ4n) is 0.970. The van der Waals surface area contributed by atoms with E-state index < -0.39 is 0 Å². The highest BCUT2D eigenvalue weighted by atomic mass is 16.7. The van der Waals surface area contributed by atoms with Gasteiger partial charge in [0.1, 0.15) is 0 Å². The summed E-state index contributed by atoms with van der Waals surface area (Å²) in [7, 11) is 0. The predicted molar refractivity (Wildman–Crippen MR) is 43.9 cm³/mol. The summed E-state index contributed by atoms with van der Waals surface area (Å²) in [6.07, 6.45) is 8.04. The molecule has 0 bridgehead atoms. The zero-order valence-corrected chi connectivity index (χ0v) is 7.14. The monoisotopic (exact) mass is 156 g/mol. The summed E-state index contributed by atoms with van der Waals surface area (Å²) in [5.41, 5.74) is 0. The van der Waals surface area contributed by atoms with E-state index in [0.29, 0.717) is 5.95 Å². The van der Waals surface area contributed by atoms with Gasteiger partial charge in [0.15, 0.2) is 6.26 Å². The molecule has 0 saturated carbocycles. The third-order valence-electron chi connectivity index (χ3n) is 1.71. The van der Waals surface area contributed by atoms with Gasteiger partial charge in [-0.1, -0.05) is 32.6 Å². The van der Waals surface area contributed by atoms with Crippen molar-refractivity contribution in [1.29, 1.82) is 0 Å². The molecule has 0 aromatic heterocycles. The standard InChI is InChI=1S/C9H16O2/c1-2-3-4-5-6-7-10-9-8-11-9/h8H,2-7H2,1H3. The van der Waals surface area contributed by atoms with Gasteiger partial charge in [0.05, 0.1) is 6.61 Å². The molecule has 2 heteroatoms. The van der Waals surface area contributed by atoms with Gasteiger partial charge in [0.25, 0.3) is 0 Å². The van der Waals surface area contributed by atoms with Crippen LogP contribution in [0.15, 0.2) is 12.2 Å². The first kappa shape index (κ1) is 8.44. The average Bonchev–Trinajstić information content (AvgIpc) is 2.80. The van der Waals surface area contributed by atoms with E-state index >= 15 is 0 Å². The van der Waals surface area contributed by atoms with Crippen LogP contribution in [0.25, 0.3) is 0 Å². The van der Waals surface area contributed by atoms with Gasteiger partial charge >= 0.3 is 5.95 Å². The van der Waals surface area contributed by atoms with Crippen LogP contribution in [-0.2, 0) is 9.47 Å². The Kier molecular flexibility index (Phi) is 3.87. The summed E-state index contributed by atoms with van der Waals surface area (Å²) < 4.78 is 9.88. The van der Waals surface area contributed by atoms with Gasteiger partial charge in [-0.05, 0) is 6.42 Å². The largest absolute Gasteiger partial charge is 0.463 e. The Hall–Kier alpha value is -0.660. The van der Waals surface area contributed by atoms with Crippen LogP contribution < -0.4 is 0 Å². The summed E-state index contributed by atoms with van der Waals surface area (Å²) in [6, 6.07) is 0. The van der Waals surface area contributed by atoms with Crippen LogP contribution >= 0.6 is 0 Å². The van der Waals surface area contributed by atoms with Crippen molar-refractivity contribution in [2.24, 2.45) is 0 Å². The maximum atomic E-state index is 5.17. The fraction of sp³-hybridized carbons (Fsp3) is 0.778. The lowest BCUT2D eigenvalue weighted by Gasteiger charge is -1.99. The number of rotatable bonds is 7. The molecule has 0 radical (unpaired) electrons. The summed E-state index contributed by atoms with van der Waals surface area (Å²) in [6.45, 7) is 3.04. The molecule has 1 aliphatic rings. The normalized spacial score (nSPS) is 13.7. The highest BCUT2D eigenvalue weighted by Crippen LogP contribution is 2.14. The van der Waals surface area contributed by atoms with E-state index in [4.69, 9.17) is 9.47 Å². The van der Waals surface area contributed by atoms with Crippen LogP contribution in [0.3, 0.4) is 0 Å². The molecule has 64 valence electrons. The molecule has 0 fully saturated rings. The molecule has 0 unspecified atom stereocenters. The lowest BCUT2D eigenvalue weighted by Crippen LogP contribution is -1.89. The van der Waals surface area contributed by atoms with Crippen molar-refractivity contribution in [1.82, 2.24) is 0 Å².